The van der Waals surface area contributed by atoms with Crippen molar-refractivity contribution >= 4 is 12.0 Å². The summed E-state index contributed by atoms with van der Waals surface area (Å²) < 4.78 is 0. The monoisotopic (exact) mass is 242 g/mol. The van der Waals surface area contributed by atoms with Gasteiger partial charge >= 0.3 is 12.0 Å². The first-order chi connectivity index (χ1) is 8.02. The molecular formula is C12H22N2O3. The lowest BCUT2D eigenvalue weighted by molar-refractivity contribution is -0.139. The van der Waals surface area contributed by atoms with Crippen molar-refractivity contribution in [2.45, 2.75) is 58.0 Å². The molecule has 0 bridgehead atoms. The average molecular weight is 242 g/mol. The van der Waals surface area contributed by atoms with E-state index < -0.39 is 12.0 Å². The van der Waals surface area contributed by atoms with Crippen molar-refractivity contribution in [3.05, 3.63) is 0 Å². The molecule has 0 heterocycles. The van der Waals surface area contributed by atoms with Gasteiger partial charge in [0.05, 0.1) is 0 Å². The fourth-order valence-corrected chi connectivity index (χ4v) is 2.13. The molecule has 17 heavy (non-hydrogen) atoms. The highest BCUT2D eigenvalue weighted by atomic mass is 16.4. The van der Waals surface area contributed by atoms with Crippen LogP contribution >= 0.6 is 0 Å². The van der Waals surface area contributed by atoms with E-state index in [2.05, 4.69) is 17.6 Å². The minimum atomic E-state index is -0.986. The van der Waals surface area contributed by atoms with E-state index in [1.165, 1.54) is 0 Å². The van der Waals surface area contributed by atoms with E-state index in [1.54, 1.807) is 6.92 Å². The van der Waals surface area contributed by atoms with E-state index in [9.17, 15) is 9.59 Å². The number of carboxylic acid groups (broad SMARTS) is 1. The second-order valence-corrected chi connectivity index (χ2v) is 4.87. The highest BCUT2D eigenvalue weighted by Crippen LogP contribution is 2.23. The zero-order valence-corrected chi connectivity index (χ0v) is 10.5. The number of hydrogen-bond acceptors (Lipinski definition) is 2. The Hall–Kier alpha value is -1.26. The summed E-state index contributed by atoms with van der Waals surface area (Å²) >= 11 is 0. The lowest BCUT2D eigenvalue weighted by Crippen LogP contribution is -2.49. The Morgan fingerprint density at radius 3 is 2.35 bits per heavy atom. The Labute approximate surface area is 102 Å². The summed E-state index contributed by atoms with van der Waals surface area (Å²) in [4.78, 5) is 22.3. The molecule has 0 aromatic carbocycles. The van der Waals surface area contributed by atoms with Crippen LogP contribution in [0.2, 0.25) is 0 Å². The van der Waals surface area contributed by atoms with Gasteiger partial charge in [0.1, 0.15) is 6.04 Å². The van der Waals surface area contributed by atoms with Crippen LogP contribution in [0.15, 0.2) is 0 Å². The average Bonchev–Trinajstić information content (AvgIpc) is 2.28. The van der Waals surface area contributed by atoms with Gasteiger partial charge in [-0.3, -0.25) is 0 Å². The van der Waals surface area contributed by atoms with Gasteiger partial charge < -0.3 is 15.7 Å². The van der Waals surface area contributed by atoms with Crippen LogP contribution in [0.4, 0.5) is 4.79 Å². The molecule has 2 amide bonds. The standard InChI is InChI=1S/C12H22N2O3/c1-3-10(11(15)16)14-12(17)13-9-6-4-8(2)5-7-9/h8-10H,3-7H2,1-2H3,(H,15,16)(H2,13,14,17)/t8?,9?,10-/m0/s1. The topological polar surface area (TPSA) is 78.4 Å². The Balaban J connectivity index is 2.31. The maximum absolute atomic E-state index is 11.6. The largest absolute Gasteiger partial charge is 0.480 e. The number of urea groups is 1. The predicted octanol–water partition coefficient (Wildman–Crippen LogP) is 1.73. The zero-order valence-electron chi connectivity index (χ0n) is 10.5. The van der Waals surface area contributed by atoms with E-state index in [-0.39, 0.29) is 12.1 Å². The molecule has 98 valence electrons. The third kappa shape index (κ3) is 4.63. The molecule has 0 saturated heterocycles. The molecule has 0 unspecified atom stereocenters. The highest BCUT2D eigenvalue weighted by molar-refractivity contribution is 5.82. The van der Waals surface area contributed by atoms with Crippen molar-refractivity contribution in [3.63, 3.8) is 0 Å². The second-order valence-electron chi connectivity index (χ2n) is 4.87. The molecule has 0 radical (unpaired) electrons. The molecule has 5 heteroatoms. The molecule has 0 aliphatic heterocycles. The molecule has 1 fully saturated rings. The first-order valence-corrected chi connectivity index (χ1v) is 6.32. The Kier molecular flexibility index (Phi) is 5.25. The van der Waals surface area contributed by atoms with Gasteiger partial charge in [-0.1, -0.05) is 13.8 Å². The third-order valence-corrected chi connectivity index (χ3v) is 3.36. The van der Waals surface area contributed by atoms with Gasteiger partial charge in [-0.05, 0) is 38.0 Å². The fraction of sp³-hybridized carbons (Fsp3) is 0.833. The van der Waals surface area contributed by atoms with Gasteiger partial charge in [0.25, 0.3) is 0 Å². The van der Waals surface area contributed by atoms with E-state index >= 15 is 0 Å². The SMILES string of the molecule is CC[C@H](NC(=O)NC1CCC(C)CC1)C(=O)O. The first kappa shape index (κ1) is 13.8. The minimum Gasteiger partial charge on any atom is -0.480 e. The van der Waals surface area contributed by atoms with E-state index in [1.807, 2.05) is 0 Å². The molecule has 1 rings (SSSR count). The van der Waals surface area contributed by atoms with Crippen LogP contribution in [0, 0.1) is 5.92 Å². The van der Waals surface area contributed by atoms with Crippen molar-refractivity contribution in [3.8, 4) is 0 Å². The number of carbonyl (C=O) groups is 2. The zero-order chi connectivity index (χ0) is 12.8. The highest BCUT2D eigenvalue weighted by Gasteiger charge is 2.22. The molecule has 1 saturated carbocycles. The van der Waals surface area contributed by atoms with Gasteiger partial charge in [-0.2, -0.15) is 0 Å². The number of amides is 2. The number of hydrogen-bond donors (Lipinski definition) is 3. The Morgan fingerprint density at radius 1 is 1.29 bits per heavy atom. The molecular weight excluding hydrogens is 220 g/mol. The normalized spacial score (nSPS) is 26.0. The van der Waals surface area contributed by atoms with Crippen LogP contribution in [0.3, 0.4) is 0 Å². The lowest BCUT2D eigenvalue weighted by Gasteiger charge is -2.27. The Bertz CT molecular complexity index is 273. The fourth-order valence-electron chi connectivity index (χ4n) is 2.13. The van der Waals surface area contributed by atoms with Crippen LogP contribution in [-0.4, -0.2) is 29.2 Å². The van der Waals surface area contributed by atoms with Gasteiger partial charge in [-0.15, -0.1) is 0 Å². The molecule has 1 atom stereocenters. The number of rotatable bonds is 4. The molecule has 0 aromatic heterocycles. The van der Waals surface area contributed by atoms with E-state index in [4.69, 9.17) is 5.11 Å². The van der Waals surface area contributed by atoms with Crippen LogP contribution < -0.4 is 10.6 Å². The second kappa shape index (κ2) is 6.47. The van der Waals surface area contributed by atoms with Crippen LogP contribution in [-0.2, 0) is 4.79 Å². The summed E-state index contributed by atoms with van der Waals surface area (Å²) in [7, 11) is 0. The molecule has 1 aliphatic rings. The molecule has 0 spiro atoms. The summed E-state index contributed by atoms with van der Waals surface area (Å²) in [6, 6.07) is -0.964. The maximum atomic E-state index is 11.6. The van der Waals surface area contributed by atoms with E-state index in [0.29, 0.717) is 6.42 Å². The number of nitrogens with one attached hydrogen (secondary N) is 2. The van der Waals surface area contributed by atoms with Gasteiger partial charge in [0.2, 0.25) is 0 Å². The summed E-state index contributed by atoms with van der Waals surface area (Å²) in [5.41, 5.74) is 0. The molecule has 1 aliphatic carbocycles. The van der Waals surface area contributed by atoms with Crippen molar-refractivity contribution in [1.82, 2.24) is 10.6 Å². The van der Waals surface area contributed by atoms with Crippen molar-refractivity contribution < 1.29 is 14.7 Å². The van der Waals surface area contributed by atoms with Crippen molar-refractivity contribution in [1.29, 1.82) is 0 Å². The third-order valence-electron chi connectivity index (χ3n) is 3.36. The number of aliphatic carboxylic acids is 1. The predicted molar refractivity (Wildman–Crippen MR) is 64.8 cm³/mol. The number of carbonyl (C=O) groups excluding carboxylic acids is 1. The van der Waals surface area contributed by atoms with Gasteiger partial charge in [0, 0.05) is 6.04 Å². The Morgan fingerprint density at radius 2 is 1.88 bits per heavy atom. The first-order valence-electron chi connectivity index (χ1n) is 6.32. The smallest absolute Gasteiger partial charge is 0.326 e. The van der Waals surface area contributed by atoms with Crippen molar-refractivity contribution in [2.24, 2.45) is 5.92 Å². The number of carboxylic acids is 1. The van der Waals surface area contributed by atoms with Gasteiger partial charge in [0.15, 0.2) is 0 Å². The quantitative estimate of drug-likeness (QED) is 0.702. The summed E-state index contributed by atoms with van der Waals surface area (Å²) in [5.74, 6) is -0.251. The van der Waals surface area contributed by atoms with Crippen LogP contribution in [0.1, 0.15) is 46.0 Å². The van der Waals surface area contributed by atoms with E-state index in [0.717, 1.165) is 31.6 Å². The lowest BCUT2D eigenvalue weighted by atomic mass is 9.87. The maximum Gasteiger partial charge on any atom is 0.326 e. The molecule has 0 aromatic rings. The van der Waals surface area contributed by atoms with Crippen molar-refractivity contribution in [2.75, 3.05) is 0 Å². The minimum absolute atomic E-state index is 0.192. The molecule has 3 N–H and O–H groups in total. The summed E-state index contributed by atoms with van der Waals surface area (Å²) in [5, 5.41) is 14.1. The van der Waals surface area contributed by atoms with Crippen LogP contribution in [0.25, 0.3) is 0 Å². The summed E-state index contributed by atoms with van der Waals surface area (Å²) in [6.45, 7) is 3.95. The molecule has 5 nitrogen and oxygen atoms in total. The van der Waals surface area contributed by atoms with Crippen LogP contribution in [0.5, 0.6) is 0 Å². The summed E-state index contributed by atoms with van der Waals surface area (Å²) in [6.07, 6.45) is 4.61. The van der Waals surface area contributed by atoms with Gasteiger partial charge in [-0.25, -0.2) is 9.59 Å².